The Labute approximate surface area is 265 Å². The van der Waals surface area contributed by atoms with E-state index in [1.165, 1.54) is 16.9 Å². The number of nitrogens with one attached hydrogen (secondary N) is 3. The molecule has 0 aromatic rings. The minimum Gasteiger partial charge on any atom is -0.344 e. The Kier molecular flexibility index (Phi) is 15.0. The monoisotopic (exact) mass is 623 g/mol. The van der Waals surface area contributed by atoms with Gasteiger partial charge in [-0.05, 0) is 41.9 Å². The predicted octanol–water partition coefficient (Wildman–Crippen LogP) is 4.46. The van der Waals surface area contributed by atoms with Gasteiger partial charge in [0.15, 0.2) is 5.78 Å². The van der Waals surface area contributed by atoms with E-state index >= 15 is 0 Å². The molecule has 11 nitrogen and oxygen atoms in total. The molecule has 254 valence electrons. The third-order valence-corrected chi connectivity index (χ3v) is 8.80. The van der Waals surface area contributed by atoms with E-state index in [9.17, 15) is 29.2 Å². The van der Waals surface area contributed by atoms with Gasteiger partial charge in [0, 0.05) is 26.6 Å². The fourth-order valence-corrected chi connectivity index (χ4v) is 5.09. The van der Waals surface area contributed by atoms with Gasteiger partial charge in [-0.15, -0.1) is 0 Å². The molecule has 0 spiro atoms. The Hall–Kier alpha value is -2.53. The van der Waals surface area contributed by atoms with Gasteiger partial charge in [0.05, 0.1) is 12.1 Å². The highest BCUT2D eigenvalue weighted by Gasteiger charge is 2.43. The maximum atomic E-state index is 13.9. The van der Waals surface area contributed by atoms with Crippen LogP contribution >= 0.6 is 0 Å². The standard InChI is InChI=1S/C33H61N5O6/c1-12-14-16-23(26(40)22(3)39)34-28(41)24-17-15-19-38(24)29(42)27(32(7,8)9)36-30(43)35-25(31(4,5)6)21-37(44)20-18-33(10,11)13-2/h23-25,27,44H,12-21H2,1-11H3,(H,34,41)(H2,35,36,43). The number of hydrogen-bond donors (Lipinski definition) is 4. The summed E-state index contributed by atoms with van der Waals surface area (Å²) in [6, 6.07) is -3.63. The van der Waals surface area contributed by atoms with Crippen molar-refractivity contribution in [2.45, 2.75) is 145 Å². The van der Waals surface area contributed by atoms with Crippen LogP contribution in [-0.2, 0) is 19.2 Å². The molecule has 0 aromatic heterocycles. The second kappa shape index (κ2) is 16.7. The van der Waals surface area contributed by atoms with Crippen LogP contribution in [0.5, 0.6) is 0 Å². The molecular weight excluding hydrogens is 562 g/mol. The summed E-state index contributed by atoms with van der Waals surface area (Å²) < 4.78 is 0. The van der Waals surface area contributed by atoms with Gasteiger partial charge >= 0.3 is 6.03 Å². The topological polar surface area (TPSA) is 148 Å². The SMILES string of the molecule is CCCCC(NC(=O)C1CCCN1C(=O)C(NC(=O)NC(CN(O)CCC(C)(C)CC)C(C)(C)C)C(C)(C)C)C(=O)C(C)=O. The van der Waals surface area contributed by atoms with E-state index < -0.39 is 53.1 Å². The van der Waals surface area contributed by atoms with Gasteiger partial charge in [0.2, 0.25) is 17.6 Å². The number of unbranched alkanes of at least 4 members (excludes halogenated alkanes) is 1. The van der Waals surface area contributed by atoms with Crippen LogP contribution in [0.1, 0.15) is 121 Å². The number of nitrogens with zero attached hydrogens (tertiary/aromatic N) is 2. The zero-order valence-electron chi connectivity index (χ0n) is 29.3. The number of rotatable bonds is 16. The van der Waals surface area contributed by atoms with E-state index in [1.54, 1.807) is 0 Å². The van der Waals surface area contributed by atoms with Crippen LogP contribution in [0, 0.1) is 16.2 Å². The van der Waals surface area contributed by atoms with Gasteiger partial charge in [-0.3, -0.25) is 19.2 Å². The molecule has 1 saturated heterocycles. The average molecular weight is 624 g/mol. The van der Waals surface area contributed by atoms with Crippen LogP contribution < -0.4 is 16.0 Å². The summed E-state index contributed by atoms with van der Waals surface area (Å²) in [6.45, 7) is 22.1. The Morgan fingerprint density at radius 1 is 0.932 bits per heavy atom. The van der Waals surface area contributed by atoms with Crippen molar-refractivity contribution in [3.05, 3.63) is 0 Å². The molecule has 11 heteroatoms. The molecule has 1 rings (SSSR count). The zero-order valence-corrected chi connectivity index (χ0v) is 29.3. The summed E-state index contributed by atoms with van der Waals surface area (Å²) in [7, 11) is 0. The molecule has 0 radical (unpaired) electrons. The van der Waals surface area contributed by atoms with E-state index in [2.05, 4.69) is 36.7 Å². The molecule has 1 fully saturated rings. The molecule has 4 amide bonds. The van der Waals surface area contributed by atoms with Crippen molar-refractivity contribution in [1.29, 1.82) is 0 Å². The van der Waals surface area contributed by atoms with E-state index in [0.717, 1.165) is 19.3 Å². The molecular formula is C33H61N5O6. The first-order chi connectivity index (χ1) is 20.1. The number of hydrogen-bond acceptors (Lipinski definition) is 7. The van der Waals surface area contributed by atoms with Crippen LogP contribution in [-0.4, -0.2) is 88.4 Å². The van der Waals surface area contributed by atoms with Crippen molar-refractivity contribution in [1.82, 2.24) is 25.9 Å². The number of carbonyl (C=O) groups is 5. The Morgan fingerprint density at radius 2 is 1.55 bits per heavy atom. The van der Waals surface area contributed by atoms with Gasteiger partial charge in [-0.25, -0.2) is 4.79 Å². The quantitative estimate of drug-likeness (QED) is 0.147. The van der Waals surface area contributed by atoms with Crippen molar-refractivity contribution in [3.8, 4) is 0 Å². The van der Waals surface area contributed by atoms with Crippen LogP contribution in [0.25, 0.3) is 0 Å². The van der Waals surface area contributed by atoms with Crippen molar-refractivity contribution in [2.75, 3.05) is 19.6 Å². The number of amides is 4. The van der Waals surface area contributed by atoms with Crippen LogP contribution in [0.4, 0.5) is 4.79 Å². The van der Waals surface area contributed by atoms with Crippen LogP contribution in [0.3, 0.4) is 0 Å². The smallest absolute Gasteiger partial charge is 0.315 e. The summed E-state index contributed by atoms with van der Waals surface area (Å²) in [5.41, 5.74) is -0.977. The minimum absolute atomic E-state index is 0.0903. The van der Waals surface area contributed by atoms with Gasteiger partial charge in [0.1, 0.15) is 12.1 Å². The summed E-state index contributed by atoms with van der Waals surface area (Å²) in [6.07, 6.45) is 4.63. The summed E-state index contributed by atoms with van der Waals surface area (Å²) in [4.78, 5) is 66.4. The lowest BCUT2D eigenvalue weighted by atomic mass is 9.85. The third-order valence-electron chi connectivity index (χ3n) is 8.80. The Bertz CT molecular complexity index is 1000. The molecule has 4 atom stereocenters. The maximum absolute atomic E-state index is 13.9. The molecule has 1 heterocycles. The Balaban J connectivity index is 3.07. The number of hydroxylamine groups is 2. The van der Waals surface area contributed by atoms with Gasteiger partial charge < -0.3 is 26.1 Å². The van der Waals surface area contributed by atoms with Crippen molar-refractivity contribution in [3.63, 3.8) is 0 Å². The highest BCUT2D eigenvalue weighted by atomic mass is 16.5. The molecule has 0 aromatic carbocycles. The molecule has 4 N–H and O–H groups in total. The largest absolute Gasteiger partial charge is 0.344 e. The highest BCUT2D eigenvalue weighted by molar-refractivity contribution is 6.38. The van der Waals surface area contributed by atoms with Gasteiger partial charge in [-0.1, -0.05) is 88.5 Å². The van der Waals surface area contributed by atoms with E-state index in [4.69, 9.17) is 0 Å². The maximum Gasteiger partial charge on any atom is 0.315 e. The van der Waals surface area contributed by atoms with E-state index in [0.29, 0.717) is 38.8 Å². The lowest BCUT2D eigenvalue weighted by Gasteiger charge is -2.38. The third kappa shape index (κ3) is 12.5. The van der Waals surface area contributed by atoms with Crippen LogP contribution in [0.15, 0.2) is 0 Å². The minimum atomic E-state index is -0.943. The molecule has 1 aliphatic rings. The summed E-state index contributed by atoms with van der Waals surface area (Å²) in [5.74, 6) is -2.11. The first-order valence-corrected chi connectivity index (χ1v) is 16.3. The van der Waals surface area contributed by atoms with E-state index in [-0.39, 0.29) is 23.3 Å². The predicted molar refractivity (Wildman–Crippen MR) is 172 cm³/mol. The number of carbonyl (C=O) groups excluding carboxylic acids is 5. The fourth-order valence-electron chi connectivity index (χ4n) is 5.09. The molecule has 1 aliphatic heterocycles. The molecule has 0 saturated carbocycles. The normalized spacial score (nSPS) is 18.0. The zero-order chi connectivity index (χ0) is 34.0. The van der Waals surface area contributed by atoms with Gasteiger partial charge in [0.25, 0.3) is 0 Å². The van der Waals surface area contributed by atoms with E-state index in [1.807, 2.05) is 48.5 Å². The number of Topliss-reactive ketones (excluding diaryl/α,β-unsaturated/α-hetero) is 2. The van der Waals surface area contributed by atoms with Crippen molar-refractivity contribution < 1.29 is 29.2 Å². The summed E-state index contributed by atoms with van der Waals surface area (Å²) >= 11 is 0. The van der Waals surface area contributed by atoms with Crippen molar-refractivity contribution >= 4 is 29.4 Å². The molecule has 0 bridgehead atoms. The fraction of sp³-hybridized carbons (Fsp3) is 0.848. The molecule has 44 heavy (non-hydrogen) atoms. The molecule has 4 unspecified atom stereocenters. The first-order valence-electron chi connectivity index (χ1n) is 16.3. The van der Waals surface area contributed by atoms with Gasteiger partial charge in [-0.2, -0.15) is 5.06 Å². The van der Waals surface area contributed by atoms with Crippen LogP contribution in [0.2, 0.25) is 0 Å². The number of urea groups is 1. The average Bonchev–Trinajstić information content (AvgIpc) is 3.41. The lowest BCUT2D eigenvalue weighted by Crippen LogP contribution is -2.61. The Morgan fingerprint density at radius 3 is 2.05 bits per heavy atom. The number of ketones is 2. The highest BCUT2D eigenvalue weighted by Crippen LogP contribution is 2.27. The number of likely N-dealkylation sites (tertiary alicyclic amines) is 1. The second-order valence-corrected chi connectivity index (χ2v) is 15.3. The summed E-state index contributed by atoms with van der Waals surface area (Å²) in [5, 5.41) is 20.5. The second-order valence-electron chi connectivity index (χ2n) is 15.3. The lowest BCUT2D eigenvalue weighted by molar-refractivity contribution is -0.143. The van der Waals surface area contributed by atoms with Crippen molar-refractivity contribution in [2.24, 2.45) is 16.2 Å². The first kappa shape index (κ1) is 39.5. The molecule has 0 aliphatic carbocycles.